The summed E-state index contributed by atoms with van der Waals surface area (Å²) < 4.78 is 55.5. The highest BCUT2D eigenvalue weighted by molar-refractivity contribution is 6.05. The average Bonchev–Trinajstić information content (AvgIpc) is 2.76. The Labute approximate surface area is 189 Å². The molecule has 2 aromatic rings. The van der Waals surface area contributed by atoms with Gasteiger partial charge in [-0.25, -0.2) is 27.5 Å². The maximum atomic E-state index is 15.0. The van der Waals surface area contributed by atoms with Crippen molar-refractivity contribution in [3.63, 3.8) is 0 Å². The van der Waals surface area contributed by atoms with E-state index in [1.54, 1.807) is 13.1 Å². The van der Waals surface area contributed by atoms with Crippen LogP contribution in [0.25, 0.3) is 12.3 Å². The van der Waals surface area contributed by atoms with Gasteiger partial charge in [-0.3, -0.25) is 4.79 Å². The van der Waals surface area contributed by atoms with E-state index in [-0.39, 0.29) is 36.8 Å². The number of fused-ring (bicyclic) bond motifs is 6. The predicted octanol–water partition coefficient (Wildman–Crippen LogP) is 3.60. The fourth-order valence-corrected chi connectivity index (χ4v) is 4.40. The summed E-state index contributed by atoms with van der Waals surface area (Å²) in [6.45, 7) is 1.58. The molecule has 2 aliphatic heterocycles. The van der Waals surface area contributed by atoms with Crippen LogP contribution in [0, 0.1) is 12.7 Å². The Morgan fingerprint density at radius 3 is 2.70 bits per heavy atom. The van der Waals surface area contributed by atoms with E-state index in [1.165, 1.54) is 18.2 Å². The van der Waals surface area contributed by atoms with Crippen LogP contribution in [0.2, 0.25) is 0 Å². The fraction of sp³-hybridized carbons (Fsp3) is 0.458. The van der Waals surface area contributed by atoms with Crippen LogP contribution < -0.4 is 21.2 Å². The Morgan fingerprint density at radius 1 is 1.21 bits per heavy atom. The summed E-state index contributed by atoms with van der Waals surface area (Å²) in [4.78, 5) is 21.3. The van der Waals surface area contributed by atoms with Gasteiger partial charge in [-0.05, 0) is 39.0 Å². The van der Waals surface area contributed by atoms with E-state index in [9.17, 15) is 22.4 Å². The molecular formula is C24H26F4N4O. The van der Waals surface area contributed by atoms with Crippen LogP contribution in [0.3, 0.4) is 0 Å². The van der Waals surface area contributed by atoms with Gasteiger partial charge in [0.05, 0.1) is 16.1 Å². The van der Waals surface area contributed by atoms with Crippen LogP contribution in [-0.2, 0) is 11.3 Å². The van der Waals surface area contributed by atoms with Crippen molar-refractivity contribution in [3.8, 4) is 0 Å². The summed E-state index contributed by atoms with van der Waals surface area (Å²) in [5.41, 5.74) is -1.89. The number of rotatable bonds is 4. The number of carbonyl (C=O) groups is 1. The van der Waals surface area contributed by atoms with E-state index < -0.39 is 23.5 Å². The molecule has 1 saturated carbocycles. The molecule has 1 aliphatic carbocycles. The standard InChI is InChI=1S/C24H26F4N4O/c1-14-31-20-11-17(33)7-10-24(28)8-5-16(6-9-24)29-13-19(20)23(32-14)30-12-15-3-2-4-18(21(15)25)22(26)27/h2-4,11,13,16,22,29H,5-10,12H2,1H3,(H,30,31,32)/b19-13-,20-11+. The zero-order chi connectivity index (χ0) is 23.6. The molecule has 176 valence electrons. The quantitative estimate of drug-likeness (QED) is 0.680. The Balaban J connectivity index is 1.71. The van der Waals surface area contributed by atoms with E-state index in [0.29, 0.717) is 47.9 Å². The molecule has 1 aromatic carbocycles. The van der Waals surface area contributed by atoms with Gasteiger partial charge in [0, 0.05) is 36.8 Å². The van der Waals surface area contributed by atoms with E-state index in [4.69, 9.17) is 0 Å². The van der Waals surface area contributed by atoms with E-state index in [0.717, 1.165) is 6.07 Å². The number of carbonyl (C=O) groups excluding carboxylic acids is 1. The third-order valence-corrected chi connectivity index (χ3v) is 6.34. The minimum absolute atomic E-state index is 0.0746. The molecule has 2 bridgehead atoms. The molecule has 0 spiro atoms. The van der Waals surface area contributed by atoms with Gasteiger partial charge in [0.25, 0.3) is 6.43 Å². The predicted molar refractivity (Wildman–Crippen MR) is 117 cm³/mol. The Morgan fingerprint density at radius 2 is 1.97 bits per heavy atom. The number of ketones is 1. The highest BCUT2D eigenvalue weighted by atomic mass is 19.3. The lowest BCUT2D eigenvalue weighted by Gasteiger charge is -2.34. The third-order valence-electron chi connectivity index (χ3n) is 6.34. The zero-order valence-electron chi connectivity index (χ0n) is 18.3. The first-order chi connectivity index (χ1) is 15.7. The lowest BCUT2D eigenvalue weighted by Crippen LogP contribution is -2.41. The molecule has 0 unspecified atom stereocenters. The first-order valence-electron chi connectivity index (χ1n) is 11.1. The van der Waals surface area contributed by atoms with E-state index >= 15 is 0 Å². The van der Waals surface area contributed by atoms with Gasteiger partial charge in [-0.1, -0.05) is 18.2 Å². The van der Waals surface area contributed by atoms with E-state index in [2.05, 4.69) is 20.6 Å². The lowest BCUT2D eigenvalue weighted by atomic mass is 9.80. The van der Waals surface area contributed by atoms with Crippen LogP contribution >= 0.6 is 0 Å². The number of hydrogen-bond acceptors (Lipinski definition) is 5. The Hall–Kier alpha value is -2.97. The number of hydrogen-bond donors (Lipinski definition) is 2. The molecule has 33 heavy (non-hydrogen) atoms. The second-order valence-corrected chi connectivity index (χ2v) is 8.74. The second kappa shape index (κ2) is 9.49. The van der Waals surface area contributed by atoms with Crippen molar-refractivity contribution in [3.05, 3.63) is 51.5 Å². The summed E-state index contributed by atoms with van der Waals surface area (Å²) >= 11 is 0. The number of aromatic nitrogens is 2. The van der Waals surface area contributed by atoms with Gasteiger partial charge in [0.15, 0.2) is 5.78 Å². The van der Waals surface area contributed by atoms with Gasteiger partial charge >= 0.3 is 0 Å². The summed E-state index contributed by atoms with van der Waals surface area (Å²) in [5, 5.41) is 7.19. The molecular weight excluding hydrogens is 436 g/mol. The van der Waals surface area contributed by atoms with Crippen LogP contribution in [-0.4, -0.2) is 27.5 Å². The molecule has 2 N–H and O–H groups in total. The number of halogens is 4. The topological polar surface area (TPSA) is 66.9 Å². The van der Waals surface area contributed by atoms with Crippen LogP contribution in [0.5, 0.6) is 0 Å². The maximum Gasteiger partial charge on any atom is 0.266 e. The van der Waals surface area contributed by atoms with Crippen molar-refractivity contribution in [2.24, 2.45) is 0 Å². The highest BCUT2D eigenvalue weighted by Gasteiger charge is 2.35. The second-order valence-electron chi connectivity index (χ2n) is 8.74. The van der Waals surface area contributed by atoms with Gasteiger partial charge in [-0.2, -0.15) is 0 Å². The monoisotopic (exact) mass is 462 g/mol. The number of anilines is 1. The number of aryl methyl sites for hydroxylation is 1. The third kappa shape index (κ3) is 5.34. The number of benzene rings is 1. The lowest BCUT2D eigenvalue weighted by molar-refractivity contribution is -0.114. The van der Waals surface area contributed by atoms with Crippen molar-refractivity contribution in [2.75, 3.05) is 5.32 Å². The van der Waals surface area contributed by atoms with Crippen molar-refractivity contribution >= 4 is 23.9 Å². The first-order valence-corrected chi connectivity index (χ1v) is 11.1. The van der Waals surface area contributed by atoms with Gasteiger partial charge in [-0.15, -0.1) is 0 Å². The molecule has 0 amide bonds. The molecule has 3 aliphatic rings. The summed E-state index contributed by atoms with van der Waals surface area (Å²) in [6, 6.07) is 3.94. The molecule has 9 heteroatoms. The number of nitrogens with zero attached hydrogens (tertiary/aromatic N) is 2. The first kappa shape index (κ1) is 23.2. The van der Waals surface area contributed by atoms with Gasteiger partial charge in [0.1, 0.15) is 23.1 Å². The van der Waals surface area contributed by atoms with E-state index in [1.807, 2.05) is 0 Å². The SMILES string of the molecule is Cc1nc(NCc2cccc(C(F)F)c2F)c2/c(n1)=C\C(=O)CCC1(F)CCC(CC1)N/C=2. The zero-order valence-corrected chi connectivity index (χ0v) is 18.3. The summed E-state index contributed by atoms with van der Waals surface area (Å²) in [5.74, 6) is -0.464. The number of nitrogens with one attached hydrogen (secondary N) is 2. The van der Waals surface area contributed by atoms with Crippen molar-refractivity contribution < 1.29 is 22.4 Å². The molecule has 3 heterocycles. The van der Waals surface area contributed by atoms with Crippen LogP contribution in [0.4, 0.5) is 23.4 Å². The van der Waals surface area contributed by atoms with Gasteiger partial charge < -0.3 is 10.6 Å². The fourth-order valence-electron chi connectivity index (χ4n) is 4.40. The summed E-state index contributed by atoms with van der Waals surface area (Å²) in [7, 11) is 0. The van der Waals surface area contributed by atoms with Crippen LogP contribution in [0.15, 0.2) is 18.2 Å². The molecule has 0 radical (unpaired) electrons. The molecule has 1 aromatic heterocycles. The average molecular weight is 462 g/mol. The number of alkyl halides is 3. The molecule has 1 fully saturated rings. The maximum absolute atomic E-state index is 15.0. The Bertz CT molecular complexity index is 1160. The minimum atomic E-state index is -2.91. The highest BCUT2D eigenvalue weighted by Crippen LogP contribution is 2.36. The van der Waals surface area contributed by atoms with Crippen LogP contribution in [0.1, 0.15) is 61.9 Å². The molecule has 5 rings (SSSR count). The van der Waals surface area contributed by atoms with Gasteiger partial charge in [0.2, 0.25) is 0 Å². The Kier molecular flexibility index (Phi) is 6.67. The largest absolute Gasteiger partial charge is 0.388 e. The minimum Gasteiger partial charge on any atom is -0.388 e. The van der Waals surface area contributed by atoms with Crippen molar-refractivity contribution in [1.82, 2.24) is 15.3 Å². The molecule has 0 saturated heterocycles. The molecule has 0 atom stereocenters. The normalized spacial score (nSPS) is 25.0. The van der Waals surface area contributed by atoms with Crippen molar-refractivity contribution in [2.45, 2.75) is 70.1 Å². The van der Waals surface area contributed by atoms with Crippen molar-refractivity contribution in [1.29, 1.82) is 0 Å². The number of Topliss-reactive ketones (excluding diaryl/α,β-unsaturated/α-hetero) is 1. The smallest absolute Gasteiger partial charge is 0.266 e. The summed E-state index contributed by atoms with van der Waals surface area (Å²) in [6.07, 6.45) is 2.51. The molecule has 5 nitrogen and oxygen atoms in total.